The summed E-state index contributed by atoms with van der Waals surface area (Å²) in [7, 11) is 2.84. The van der Waals surface area contributed by atoms with Gasteiger partial charge in [0.2, 0.25) is 0 Å². The van der Waals surface area contributed by atoms with Crippen LogP contribution in [0.2, 0.25) is 0 Å². The summed E-state index contributed by atoms with van der Waals surface area (Å²) in [6.07, 6.45) is 0. The number of esters is 1. The topological polar surface area (TPSA) is 46.6 Å². The Morgan fingerprint density at radius 3 is 2.59 bits per heavy atom. The van der Waals surface area contributed by atoms with Gasteiger partial charge in [0.25, 0.3) is 5.91 Å². The Balaban J connectivity index is 2.88. The molecule has 0 aliphatic carbocycles. The fourth-order valence-electron chi connectivity index (χ4n) is 1.20. The second-order valence-electron chi connectivity index (χ2n) is 3.36. The summed E-state index contributed by atoms with van der Waals surface area (Å²) in [5.74, 6) is -0.699. The molecule has 0 N–H and O–H groups in total. The lowest BCUT2D eigenvalue weighted by atomic mass is 10.2. The summed E-state index contributed by atoms with van der Waals surface area (Å²) in [5.41, 5.74) is 0.491. The SMILES string of the molecule is COC(=O)CN(C)C(=O)c1cc(Br)ccc1Br. The van der Waals surface area contributed by atoms with Crippen LogP contribution in [-0.2, 0) is 9.53 Å². The molecule has 1 amide bonds. The van der Waals surface area contributed by atoms with E-state index in [1.165, 1.54) is 12.0 Å². The zero-order valence-corrected chi connectivity index (χ0v) is 12.5. The van der Waals surface area contributed by atoms with Crippen molar-refractivity contribution in [2.45, 2.75) is 0 Å². The van der Waals surface area contributed by atoms with Crippen molar-refractivity contribution in [2.24, 2.45) is 0 Å². The van der Waals surface area contributed by atoms with Gasteiger partial charge in [0.05, 0.1) is 12.7 Å². The molecular weight excluding hydrogens is 354 g/mol. The zero-order chi connectivity index (χ0) is 13.0. The molecule has 92 valence electrons. The highest BCUT2D eigenvalue weighted by molar-refractivity contribution is 9.11. The number of ether oxygens (including phenoxy) is 1. The molecule has 6 heteroatoms. The van der Waals surface area contributed by atoms with Crippen molar-refractivity contribution in [3.8, 4) is 0 Å². The molecule has 17 heavy (non-hydrogen) atoms. The summed E-state index contributed by atoms with van der Waals surface area (Å²) in [6.45, 7) is -0.0751. The number of hydrogen-bond donors (Lipinski definition) is 0. The molecule has 1 aromatic rings. The first kappa shape index (κ1) is 14.2. The molecule has 0 bridgehead atoms. The normalized spacial score (nSPS) is 9.88. The second-order valence-corrected chi connectivity index (χ2v) is 5.13. The van der Waals surface area contributed by atoms with E-state index < -0.39 is 5.97 Å². The average Bonchev–Trinajstić information content (AvgIpc) is 2.31. The first-order valence-electron chi connectivity index (χ1n) is 4.73. The van der Waals surface area contributed by atoms with Crippen LogP contribution in [-0.4, -0.2) is 37.5 Å². The molecule has 0 spiro atoms. The molecule has 0 atom stereocenters. The molecular formula is C11H11Br2NO3. The molecule has 0 heterocycles. The van der Waals surface area contributed by atoms with Crippen LogP contribution >= 0.6 is 31.9 Å². The van der Waals surface area contributed by atoms with Gasteiger partial charge < -0.3 is 9.64 Å². The van der Waals surface area contributed by atoms with Gasteiger partial charge in [-0.3, -0.25) is 9.59 Å². The summed E-state index contributed by atoms with van der Waals surface area (Å²) in [6, 6.07) is 5.28. The number of rotatable bonds is 3. The molecule has 0 unspecified atom stereocenters. The Hall–Kier alpha value is -0.880. The van der Waals surface area contributed by atoms with Gasteiger partial charge in [0.15, 0.2) is 0 Å². The smallest absolute Gasteiger partial charge is 0.325 e. The van der Waals surface area contributed by atoms with E-state index >= 15 is 0 Å². The summed E-state index contributed by atoms with van der Waals surface area (Å²) < 4.78 is 5.99. The van der Waals surface area contributed by atoms with Crippen molar-refractivity contribution >= 4 is 43.7 Å². The van der Waals surface area contributed by atoms with Crippen LogP contribution in [0.15, 0.2) is 27.1 Å². The highest BCUT2D eigenvalue weighted by Crippen LogP contribution is 2.22. The fourth-order valence-corrected chi connectivity index (χ4v) is 1.97. The first-order valence-corrected chi connectivity index (χ1v) is 6.31. The van der Waals surface area contributed by atoms with Gasteiger partial charge in [-0.1, -0.05) is 15.9 Å². The molecule has 0 aliphatic heterocycles. The Labute approximate surface area is 116 Å². The van der Waals surface area contributed by atoms with Crippen molar-refractivity contribution in [2.75, 3.05) is 20.7 Å². The Kier molecular flexibility index (Phi) is 5.14. The third-order valence-electron chi connectivity index (χ3n) is 2.10. The van der Waals surface area contributed by atoms with Crippen LogP contribution < -0.4 is 0 Å². The number of benzene rings is 1. The predicted molar refractivity (Wildman–Crippen MR) is 70.8 cm³/mol. The summed E-state index contributed by atoms with van der Waals surface area (Å²) in [4.78, 5) is 24.4. The number of carbonyl (C=O) groups excluding carboxylic acids is 2. The van der Waals surface area contributed by atoms with Crippen molar-refractivity contribution in [3.05, 3.63) is 32.7 Å². The Morgan fingerprint density at radius 1 is 1.35 bits per heavy atom. The minimum atomic E-state index is -0.452. The first-order chi connectivity index (χ1) is 7.95. The lowest BCUT2D eigenvalue weighted by Crippen LogP contribution is -2.32. The molecule has 1 aromatic carbocycles. The zero-order valence-electron chi connectivity index (χ0n) is 9.37. The number of carbonyl (C=O) groups is 2. The van der Waals surface area contributed by atoms with Gasteiger partial charge in [-0.2, -0.15) is 0 Å². The summed E-state index contributed by atoms with van der Waals surface area (Å²) >= 11 is 6.59. The van der Waals surface area contributed by atoms with Gasteiger partial charge in [-0.05, 0) is 34.1 Å². The number of halogens is 2. The van der Waals surface area contributed by atoms with Crippen LogP contribution in [0.1, 0.15) is 10.4 Å². The highest BCUT2D eigenvalue weighted by atomic mass is 79.9. The number of likely N-dealkylation sites (N-methyl/N-ethyl adjacent to an activating group) is 1. The van der Waals surface area contributed by atoms with Crippen molar-refractivity contribution < 1.29 is 14.3 Å². The van der Waals surface area contributed by atoms with Crippen molar-refractivity contribution in [1.29, 1.82) is 0 Å². The molecule has 0 aliphatic rings. The monoisotopic (exact) mass is 363 g/mol. The largest absolute Gasteiger partial charge is 0.468 e. The van der Waals surface area contributed by atoms with Crippen LogP contribution in [0.3, 0.4) is 0 Å². The average molecular weight is 365 g/mol. The van der Waals surface area contributed by atoms with Gasteiger partial charge in [-0.25, -0.2) is 0 Å². The maximum Gasteiger partial charge on any atom is 0.325 e. The van der Waals surface area contributed by atoms with E-state index in [-0.39, 0.29) is 12.5 Å². The van der Waals surface area contributed by atoms with Gasteiger partial charge in [-0.15, -0.1) is 0 Å². The van der Waals surface area contributed by atoms with Gasteiger partial charge in [0.1, 0.15) is 6.54 Å². The lowest BCUT2D eigenvalue weighted by Gasteiger charge is -2.16. The van der Waals surface area contributed by atoms with E-state index in [1.807, 2.05) is 6.07 Å². The quantitative estimate of drug-likeness (QED) is 0.774. The molecule has 0 saturated heterocycles. The predicted octanol–water partition coefficient (Wildman–Crippen LogP) is 2.46. The fraction of sp³-hybridized carbons (Fsp3) is 0.273. The maximum atomic E-state index is 12.0. The standard InChI is InChI=1S/C11H11Br2NO3/c1-14(6-10(15)17-2)11(16)8-5-7(12)3-4-9(8)13/h3-5H,6H2,1-2H3. The maximum absolute atomic E-state index is 12.0. The second kappa shape index (κ2) is 6.16. The van der Waals surface area contributed by atoms with Crippen LogP contribution in [0, 0.1) is 0 Å². The summed E-state index contributed by atoms with van der Waals surface area (Å²) in [5, 5.41) is 0. The van der Waals surface area contributed by atoms with Crippen LogP contribution in [0.25, 0.3) is 0 Å². The van der Waals surface area contributed by atoms with Crippen molar-refractivity contribution in [3.63, 3.8) is 0 Å². The van der Waals surface area contributed by atoms with E-state index in [9.17, 15) is 9.59 Å². The number of methoxy groups -OCH3 is 1. The molecule has 0 aromatic heterocycles. The highest BCUT2D eigenvalue weighted by Gasteiger charge is 2.17. The third-order valence-corrected chi connectivity index (χ3v) is 3.28. The van der Waals surface area contributed by atoms with Crippen molar-refractivity contribution in [1.82, 2.24) is 4.90 Å². The number of nitrogens with zero attached hydrogens (tertiary/aromatic N) is 1. The number of amides is 1. The molecule has 0 radical (unpaired) electrons. The van der Waals surface area contributed by atoms with E-state index in [2.05, 4.69) is 36.6 Å². The number of hydrogen-bond acceptors (Lipinski definition) is 3. The van der Waals surface area contributed by atoms with Crippen LogP contribution in [0.5, 0.6) is 0 Å². The minimum absolute atomic E-state index is 0.0751. The van der Waals surface area contributed by atoms with E-state index in [0.29, 0.717) is 10.0 Å². The minimum Gasteiger partial charge on any atom is -0.468 e. The molecule has 1 rings (SSSR count). The Bertz CT molecular complexity index is 448. The third kappa shape index (κ3) is 3.81. The van der Waals surface area contributed by atoms with Gasteiger partial charge in [0, 0.05) is 16.0 Å². The molecule has 0 fully saturated rings. The Morgan fingerprint density at radius 2 is 2.00 bits per heavy atom. The van der Waals surface area contributed by atoms with E-state index in [4.69, 9.17) is 0 Å². The van der Waals surface area contributed by atoms with E-state index in [1.54, 1.807) is 19.2 Å². The van der Waals surface area contributed by atoms with Crippen LogP contribution in [0.4, 0.5) is 0 Å². The lowest BCUT2D eigenvalue weighted by molar-refractivity contribution is -0.141. The molecule has 4 nitrogen and oxygen atoms in total. The van der Waals surface area contributed by atoms with Gasteiger partial charge >= 0.3 is 5.97 Å². The van der Waals surface area contributed by atoms with E-state index in [0.717, 1.165) is 4.47 Å². The molecule has 0 saturated carbocycles.